The molecule has 2 atom stereocenters. The zero-order valence-electron chi connectivity index (χ0n) is 21.4. The van der Waals surface area contributed by atoms with E-state index in [1.165, 1.54) is 0 Å². The first kappa shape index (κ1) is 27.0. The summed E-state index contributed by atoms with van der Waals surface area (Å²) in [6.07, 6.45) is -0.645. The van der Waals surface area contributed by atoms with E-state index >= 15 is 0 Å². The molecule has 1 N–H and O–H groups in total. The molecule has 2 aliphatic rings. The van der Waals surface area contributed by atoms with E-state index in [0.717, 1.165) is 45.0 Å². The molecule has 0 radical (unpaired) electrons. The maximum absolute atomic E-state index is 13.4. The van der Waals surface area contributed by atoms with E-state index in [0.29, 0.717) is 45.0 Å². The molecule has 34 heavy (non-hydrogen) atoms. The second-order valence-electron chi connectivity index (χ2n) is 10.4. The first-order chi connectivity index (χ1) is 16.2. The van der Waals surface area contributed by atoms with Crippen LogP contribution in [0.25, 0.3) is 0 Å². The van der Waals surface area contributed by atoms with Crippen LogP contribution in [0.15, 0.2) is 24.3 Å². The van der Waals surface area contributed by atoms with E-state index in [2.05, 4.69) is 9.80 Å². The molecular weight excluding hydrogens is 434 g/mol. The summed E-state index contributed by atoms with van der Waals surface area (Å²) in [4.78, 5) is 19.9. The highest BCUT2D eigenvalue weighted by atomic mass is 16.5. The van der Waals surface area contributed by atoms with Crippen LogP contribution in [0.1, 0.15) is 36.7 Å². The molecule has 0 bridgehead atoms. The lowest BCUT2D eigenvalue weighted by Crippen LogP contribution is -2.52. The monoisotopic (exact) mass is 477 g/mol. The van der Waals surface area contributed by atoms with Gasteiger partial charge in [0.15, 0.2) is 0 Å². The summed E-state index contributed by atoms with van der Waals surface area (Å²) in [7, 11) is 0. The third-order valence-electron chi connectivity index (χ3n) is 6.20. The molecule has 8 nitrogen and oxygen atoms in total. The standard InChI is InChI=1S/C26H43N3O5/c1-21-5-7-22(8-6-21)25(31)29(10-9-27-11-14-32-15-12-27)19-24-18-28(13-16-33-24)17-23(30)20-34-26(2,3)4/h5-8,23-24,30H,9-20H2,1-4H3/t23-,24+/m1/s1. The number of hydrogen-bond donors (Lipinski definition) is 1. The Kier molecular flexibility index (Phi) is 10.3. The Labute approximate surface area is 204 Å². The Morgan fingerprint density at radius 3 is 2.50 bits per heavy atom. The molecule has 192 valence electrons. The molecule has 2 fully saturated rings. The Morgan fingerprint density at radius 2 is 1.82 bits per heavy atom. The van der Waals surface area contributed by atoms with E-state index in [9.17, 15) is 9.90 Å². The fourth-order valence-electron chi connectivity index (χ4n) is 4.24. The summed E-state index contributed by atoms with van der Waals surface area (Å²) in [6.45, 7) is 16.2. The van der Waals surface area contributed by atoms with Crippen LogP contribution in [0.4, 0.5) is 0 Å². The van der Waals surface area contributed by atoms with E-state index in [-0.39, 0.29) is 17.6 Å². The molecule has 1 aromatic carbocycles. The van der Waals surface area contributed by atoms with Crippen LogP contribution in [0.3, 0.4) is 0 Å². The van der Waals surface area contributed by atoms with E-state index < -0.39 is 6.10 Å². The van der Waals surface area contributed by atoms with Gasteiger partial charge in [-0.3, -0.25) is 14.6 Å². The van der Waals surface area contributed by atoms with Gasteiger partial charge in [-0.15, -0.1) is 0 Å². The number of nitrogens with zero attached hydrogens (tertiary/aromatic N) is 3. The molecule has 0 unspecified atom stereocenters. The highest BCUT2D eigenvalue weighted by molar-refractivity contribution is 5.94. The number of carbonyl (C=O) groups excluding carboxylic acids is 1. The molecule has 8 heteroatoms. The predicted molar refractivity (Wildman–Crippen MR) is 132 cm³/mol. The van der Waals surface area contributed by atoms with Crippen LogP contribution in [0.5, 0.6) is 0 Å². The minimum atomic E-state index is -0.551. The zero-order chi connectivity index (χ0) is 24.6. The van der Waals surface area contributed by atoms with Crippen LogP contribution in [-0.4, -0.2) is 122 Å². The number of morpholine rings is 2. The number of ether oxygens (including phenoxy) is 3. The summed E-state index contributed by atoms with van der Waals surface area (Å²) >= 11 is 0. The Hall–Kier alpha value is -1.55. The van der Waals surface area contributed by atoms with Crippen molar-refractivity contribution in [1.82, 2.24) is 14.7 Å². The summed E-state index contributed by atoms with van der Waals surface area (Å²) < 4.78 is 17.2. The summed E-state index contributed by atoms with van der Waals surface area (Å²) in [5.41, 5.74) is 1.57. The number of carbonyl (C=O) groups is 1. The highest BCUT2D eigenvalue weighted by Gasteiger charge is 2.27. The molecule has 0 aliphatic carbocycles. The van der Waals surface area contributed by atoms with Gasteiger partial charge in [0.2, 0.25) is 0 Å². The van der Waals surface area contributed by atoms with Crippen molar-refractivity contribution in [3.05, 3.63) is 35.4 Å². The SMILES string of the molecule is Cc1ccc(C(=O)N(CCN2CCOCC2)C[C@@H]2CN(C[C@@H](O)COC(C)(C)C)CCO2)cc1. The normalized spacial score (nSPS) is 21.4. The van der Waals surface area contributed by atoms with Gasteiger partial charge >= 0.3 is 0 Å². The first-order valence-corrected chi connectivity index (χ1v) is 12.5. The number of amides is 1. The number of benzene rings is 1. The third kappa shape index (κ3) is 9.24. The van der Waals surface area contributed by atoms with E-state index in [4.69, 9.17) is 14.2 Å². The number of rotatable bonds is 10. The minimum Gasteiger partial charge on any atom is -0.389 e. The number of hydrogen-bond acceptors (Lipinski definition) is 7. The van der Waals surface area contributed by atoms with Crippen LogP contribution >= 0.6 is 0 Å². The summed E-state index contributed by atoms with van der Waals surface area (Å²) in [5, 5.41) is 10.4. The Balaban J connectivity index is 1.58. The molecule has 0 spiro atoms. The first-order valence-electron chi connectivity index (χ1n) is 12.5. The minimum absolute atomic E-state index is 0.0348. The number of β-amino-alcohol motifs (C(OH)–C–C–N with tert-alkyl or cyclic N) is 1. The van der Waals surface area contributed by atoms with Gasteiger partial charge in [0.1, 0.15) is 0 Å². The molecule has 1 amide bonds. The van der Waals surface area contributed by atoms with Crippen molar-refractivity contribution >= 4 is 5.91 Å². The van der Waals surface area contributed by atoms with Crippen molar-refractivity contribution in [2.45, 2.75) is 45.5 Å². The summed E-state index contributed by atoms with van der Waals surface area (Å²) in [5.74, 6) is 0.0348. The van der Waals surface area contributed by atoms with Crippen LogP contribution in [0, 0.1) is 6.92 Å². The van der Waals surface area contributed by atoms with Crippen molar-refractivity contribution in [3.8, 4) is 0 Å². The van der Waals surface area contributed by atoms with Crippen LogP contribution in [-0.2, 0) is 14.2 Å². The fourth-order valence-corrected chi connectivity index (χ4v) is 4.24. The molecule has 0 aromatic heterocycles. The average molecular weight is 478 g/mol. The third-order valence-corrected chi connectivity index (χ3v) is 6.20. The smallest absolute Gasteiger partial charge is 0.253 e. The molecule has 2 saturated heterocycles. The largest absolute Gasteiger partial charge is 0.389 e. The van der Waals surface area contributed by atoms with Gasteiger partial charge in [-0.2, -0.15) is 0 Å². The van der Waals surface area contributed by atoms with Gasteiger partial charge in [0, 0.05) is 57.9 Å². The zero-order valence-corrected chi connectivity index (χ0v) is 21.4. The van der Waals surface area contributed by atoms with Crippen LogP contribution in [0.2, 0.25) is 0 Å². The lowest BCUT2D eigenvalue weighted by atomic mass is 10.1. The quantitative estimate of drug-likeness (QED) is 0.549. The van der Waals surface area contributed by atoms with Gasteiger partial charge in [-0.25, -0.2) is 0 Å². The number of aliphatic hydroxyl groups excluding tert-OH is 1. The summed E-state index contributed by atoms with van der Waals surface area (Å²) in [6, 6.07) is 7.76. The maximum Gasteiger partial charge on any atom is 0.253 e. The van der Waals surface area contributed by atoms with Crippen LogP contribution < -0.4 is 0 Å². The molecule has 1 aromatic rings. The lowest BCUT2D eigenvalue weighted by Gasteiger charge is -2.37. The van der Waals surface area contributed by atoms with Crippen molar-refractivity contribution in [2.24, 2.45) is 0 Å². The molecule has 0 saturated carbocycles. The van der Waals surface area contributed by atoms with Crippen molar-refractivity contribution < 1.29 is 24.1 Å². The maximum atomic E-state index is 13.4. The number of aryl methyl sites for hydroxylation is 1. The van der Waals surface area contributed by atoms with E-state index in [1.54, 1.807) is 0 Å². The van der Waals surface area contributed by atoms with E-state index in [1.807, 2.05) is 56.9 Å². The molecule has 3 rings (SSSR count). The predicted octanol–water partition coefficient (Wildman–Crippen LogP) is 1.65. The topological polar surface area (TPSA) is 74.7 Å². The second-order valence-corrected chi connectivity index (χ2v) is 10.4. The Bertz CT molecular complexity index is 746. The van der Waals surface area contributed by atoms with Crippen molar-refractivity contribution in [1.29, 1.82) is 0 Å². The van der Waals surface area contributed by atoms with Gasteiger partial charge < -0.3 is 24.2 Å². The van der Waals surface area contributed by atoms with Gasteiger partial charge in [-0.1, -0.05) is 17.7 Å². The lowest BCUT2D eigenvalue weighted by molar-refractivity contribution is -0.0783. The van der Waals surface area contributed by atoms with Crippen molar-refractivity contribution in [2.75, 3.05) is 78.8 Å². The van der Waals surface area contributed by atoms with Crippen molar-refractivity contribution in [3.63, 3.8) is 0 Å². The molecular formula is C26H43N3O5. The Morgan fingerprint density at radius 1 is 1.15 bits per heavy atom. The van der Waals surface area contributed by atoms with Gasteiger partial charge in [0.05, 0.1) is 44.2 Å². The van der Waals surface area contributed by atoms with Gasteiger partial charge in [0.25, 0.3) is 5.91 Å². The van der Waals surface area contributed by atoms with Gasteiger partial charge in [-0.05, 0) is 39.8 Å². The fraction of sp³-hybridized carbons (Fsp3) is 0.731. The molecule has 2 heterocycles. The average Bonchev–Trinajstić information content (AvgIpc) is 2.81. The highest BCUT2D eigenvalue weighted by Crippen LogP contribution is 2.14. The second kappa shape index (κ2) is 13.0. The molecule has 2 aliphatic heterocycles. The number of aliphatic hydroxyl groups is 1.